The van der Waals surface area contributed by atoms with E-state index in [9.17, 15) is 9.90 Å². The van der Waals surface area contributed by atoms with Crippen LogP contribution in [0, 0.1) is 5.92 Å². The van der Waals surface area contributed by atoms with Gasteiger partial charge in [-0.1, -0.05) is 0 Å². The predicted molar refractivity (Wildman–Crippen MR) is 157 cm³/mol. The van der Waals surface area contributed by atoms with Crippen molar-refractivity contribution >= 4 is 24.5 Å². The van der Waals surface area contributed by atoms with Crippen LogP contribution in [0.5, 0.6) is 0 Å². The summed E-state index contributed by atoms with van der Waals surface area (Å²) in [5.74, 6) is 0.535. The van der Waals surface area contributed by atoms with Crippen LogP contribution in [0.4, 0.5) is 4.79 Å². The average Bonchev–Trinajstić information content (AvgIpc) is 2.83. The van der Waals surface area contributed by atoms with Gasteiger partial charge in [0, 0.05) is 0 Å². The number of hydrogen-bond acceptors (Lipinski definition) is 3. The van der Waals surface area contributed by atoms with Gasteiger partial charge in [-0.15, -0.1) is 0 Å². The van der Waals surface area contributed by atoms with Crippen LogP contribution in [0.1, 0.15) is 106 Å². The van der Waals surface area contributed by atoms with Gasteiger partial charge in [-0.2, -0.15) is 0 Å². The second kappa shape index (κ2) is 16.8. The van der Waals surface area contributed by atoms with Gasteiger partial charge in [-0.25, -0.2) is 0 Å². The summed E-state index contributed by atoms with van der Waals surface area (Å²) in [6.07, 6.45) is 11.6. The molecule has 0 aliphatic carbocycles. The van der Waals surface area contributed by atoms with Gasteiger partial charge < -0.3 is 0 Å². The number of aliphatic hydroxyl groups excluding tert-OH is 1. The number of aliphatic hydroxyl groups is 1. The molecule has 0 aromatic heterocycles. The monoisotopic (exact) mass is 609 g/mol. The Morgan fingerprint density at radius 1 is 0.972 bits per heavy atom. The Bertz CT molecular complexity index is 735. The van der Waals surface area contributed by atoms with E-state index in [0.717, 1.165) is 5.56 Å². The van der Waals surface area contributed by atoms with E-state index in [2.05, 4.69) is 40.7 Å². The number of rotatable bonds is 16. The number of unbranched alkanes of at least 4 members (excludes halogenated alkanes) is 3. The molecular formula is C31H55NO3Sn. The minimum absolute atomic E-state index is 0.157. The molecular weight excluding hydrogens is 553 g/mol. The zero-order valence-corrected chi connectivity index (χ0v) is 27.4. The van der Waals surface area contributed by atoms with Gasteiger partial charge in [-0.05, 0) is 0 Å². The number of allylic oxidation sites excluding steroid dienone is 1. The maximum absolute atomic E-state index is 13.4. The third-order valence-electron chi connectivity index (χ3n) is 7.26. The van der Waals surface area contributed by atoms with Crippen molar-refractivity contribution in [2.45, 2.75) is 123 Å². The fourth-order valence-corrected chi connectivity index (χ4v) is 24.9. The maximum atomic E-state index is 13.4. The molecule has 0 aliphatic rings. The Kier molecular flexibility index (Phi) is 15.4. The number of hydrogen-bond donors (Lipinski definition) is 1. The van der Waals surface area contributed by atoms with Gasteiger partial charge in [0.25, 0.3) is 0 Å². The van der Waals surface area contributed by atoms with E-state index in [4.69, 9.17) is 4.74 Å². The fourth-order valence-electron chi connectivity index (χ4n) is 5.42. The third kappa shape index (κ3) is 10.8. The van der Waals surface area contributed by atoms with Gasteiger partial charge in [0.1, 0.15) is 0 Å². The Hall–Kier alpha value is -1.01. The van der Waals surface area contributed by atoms with Crippen LogP contribution in [0.25, 0.3) is 0 Å². The second-order valence-corrected chi connectivity index (χ2v) is 25.7. The molecule has 2 atom stereocenters. The first-order chi connectivity index (χ1) is 17.0. The molecule has 1 N–H and O–H groups in total. The molecule has 1 aromatic carbocycles. The van der Waals surface area contributed by atoms with E-state index in [1.165, 1.54) is 51.8 Å². The van der Waals surface area contributed by atoms with Gasteiger partial charge in [0.15, 0.2) is 0 Å². The molecule has 0 heterocycles. The quantitative estimate of drug-likeness (QED) is 0.190. The van der Waals surface area contributed by atoms with Crippen molar-refractivity contribution in [1.29, 1.82) is 0 Å². The third-order valence-corrected chi connectivity index (χ3v) is 25.3. The number of carbonyl (C=O) groups excluding carboxylic acids is 1. The van der Waals surface area contributed by atoms with Gasteiger partial charge in [0.2, 0.25) is 0 Å². The molecule has 1 aromatic rings. The first-order valence-corrected chi connectivity index (χ1v) is 22.1. The van der Waals surface area contributed by atoms with E-state index in [1.807, 2.05) is 57.3 Å². The Morgan fingerprint density at radius 3 is 1.86 bits per heavy atom. The van der Waals surface area contributed by atoms with Crippen molar-refractivity contribution in [1.82, 2.24) is 4.90 Å². The summed E-state index contributed by atoms with van der Waals surface area (Å²) in [5, 5.41) is 10.4. The second-order valence-electron chi connectivity index (χ2n) is 11.8. The molecule has 1 amide bonds. The molecule has 0 aliphatic heterocycles. The summed E-state index contributed by atoms with van der Waals surface area (Å²) in [4.78, 5) is 15.1. The number of carbonyl (C=O) groups is 1. The van der Waals surface area contributed by atoms with E-state index >= 15 is 0 Å². The molecule has 5 heteroatoms. The molecule has 0 saturated heterocycles. The fraction of sp³-hybridized carbons (Fsp3) is 0.710. The molecule has 1 unspecified atom stereocenters. The molecule has 1 rings (SSSR count). The summed E-state index contributed by atoms with van der Waals surface area (Å²) in [6.45, 7) is 17.2. The van der Waals surface area contributed by atoms with E-state index in [1.54, 1.807) is 4.90 Å². The number of ether oxygens (including phenoxy) is 1. The van der Waals surface area contributed by atoms with Crippen molar-refractivity contribution in [3.05, 3.63) is 48.2 Å². The van der Waals surface area contributed by atoms with Crippen LogP contribution in [-0.4, -0.2) is 46.7 Å². The Morgan fingerprint density at radius 2 is 1.47 bits per heavy atom. The topological polar surface area (TPSA) is 49.8 Å². The molecule has 36 heavy (non-hydrogen) atoms. The first kappa shape index (κ1) is 33.0. The Labute approximate surface area is 226 Å². The van der Waals surface area contributed by atoms with Crippen LogP contribution in [0.3, 0.4) is 0 Å². The van der Waals surface area contributed by atoms with Crippen LogP contribution in [-0.2, 0) is 4.74 Å². The van der Waals surface area contributed by atoms with Crippen molar-refractivity contribution in [3.63, 3.8) is 0 Å². The van der Waals surface area contributed by atoms with Crippen molar-refractivity contribution in [2.24, 2.45) is 5.92 Å². The minimum atomic E-state index is -2.61. The summed E-state index contributed by atoms with van der Waals surface area (Å²) in [6, 6.07) is 9.33. The zero-order valence-electron chi connectivity index (χ0n) is 24.6. The van der Waals surface area contributed by atoms with Gasteiger partial charge >= 0.3 is 228 Å². The van der Waals surface area contributed by atoms with Crippen molar-refractivity contribution in [3.8, 4) is 0 Å². The molecule has 0 spiro atoms. The molecule has 0 fully saturated rings. The molecule has 0 bridgehead atoms. The van der Waals surface area contributed by atoms with Crippen molar-refractivity contribution < 1.29 is 14.6 Å². The molecule has 206 valence electrons. The van der Waals surface area contributed by atoms with Crippen LogP contribution in [0.2, 0.25) is 17.2 Å². The number of nitrogens with zero attached hydrogens (tertiary/aromatic N) is 1. The van der Waals surface area contributed by atoms with Gasteiger partial charge in [0.05, 0.1) is 0 Å². The van der Waals surface area contributed by atoms with Crippen molar-refractivity contribution in [2.75, 3.05) is 6.61 Å². The summed E-state index contributed by atoms with van der Waals surface area (Å²) < 4.78 is 10.6. The van der Waals surface area contributed by atoms with E-state index in [0.29, 0.717) is 9.85 Å². The SMILES string of the molecule is CCC[CH2][Sn]([CH2]CCC)([CH2]CCC)[CH](/C=C\N(C(=O)OC(C)(C)C)[C@@H](CO)c1ccccc1)C(C)C. The Balaban J connectivity index is 3.54. The van der Waals surface area contributed by atoms with Gasteiger partial charge in [-0.3, -0.25) is 0 Å². The van der Waals surface area contributed by atoms with E-state index < -0.39 is 36.1 Å². The summed E-state index contributed by atoms with van der Waals surface area (Å²) in [5.41, 5.74) is 0.304. The molecule has 0 radical (unpaired) electrons. The standard InChI is InChI=1S/C19H28NO3.3C4H9.Sn/c1-15(2)10-9-13-20(18(22)23-19(3,4)5)17(14-21)16-11-7-6-8-12-16;3*1-3-4-2;/h6-13,15,17,21H,14H2,1-5H3;3*1,3-4H2,2H3;/b13-9-;;;;/t17-;;;;/m0..../s1. The number of amides is 1. The van der Waals surface area contributed by atoms with Crippen LogP contribution >= 0.6 is 0 Å². The molecule has 0 saturated carbocycles. The first-order valence-electron chi connectivity index (χ1n) is 14.4. The van der Waals surface area contributed by atoms with Crippen LogP contribution < -0.4 is 0 Å². The van der Waals surface area contributed by atoms with Crippen LogP contribution in [0.15, 0.2) is 42.6 Å². The summed E-state index contributed by atoms with van der Waals surface area (Å²) >= 11 is -2.61. The molecule has 4 nitrogen and oxygen atoms in total. The predicted octanol–water partition coefficient (Wildman–Crippen LogP) is 9.35. The summed E-state index contributed by atoms with van der Waals surface area (Å²) in [7, 11) is 0. The van der Waals surface area contributed by atoms with E-state index in [-0.39, 0.29) is 6.61 Å². The number of benzene rings is 1. The normalized spacial score (nSPS) is 14.3. The average molecular weight is 608 g/mol. The zero-order chi connectivity index (χ0) is 27.2.